The Hall–Kier alpha value is -2.10. The van der Waals surface area contributed by atoms with Gasteiger partial charge in [-0.15, -0.1) is 0 Å². The molecule has 0 bridgehead atoms. The number of piperidine rings is 1. The van der Waals surface area contributed by atoms with Gasteiger partial charge in [-0.25, -0.2) is 0 Å². The van der Waals surface area contributed by atoms with E-state index in [1.165, 1.54) is 0 Å². The Kier molecular flexibility index (Phi) is 4.83. The number of hydrogen-bond donors (Lipinski definition) is 2. The second-order valence-corrected chi connectivity index (χ2v) is 7.78. The molecule has 3 aliphatic rings. The third-order valence-electron chi connectivity index (χ3n) is 5.25. The third-order valence-corrected chi connectivity index (χ3v) is 5.99. The zero-order chi connectivity index (χ0) is 19.1. The molecule has 1 aromatic carbocycles. The Morgan fingerprint density at radius 1 is 1.07 bits per heavy atom. The molecule has 27 heavy (non-hydrogen) atoms. The Morgan fingerprint density at radius 3 is 2.52 bits per heavy atom. The van der Waals surface area contributed by atoms with Gasteiger partial charge in [-0.1, -0.05) is 15.9 Å². The van der Waals surface area contributed by atoms with Crippen LogP contribution in [0.4, 0.5) is 0 Å². The maximum atomic E-state index is 13.1. The van der Waals surface area contributed by atoms with E-state index < -0.39 is 23.8 Å². The summed E-state index contributed by atoms with van der Waals surface area (Å²) in [5, 5.41) is 5.50. The van der Waals surface area contributed by atoms with Crippen LogP contribution in [-0.4, -0.2) is 65.6 Å². The molecule has 1 aromatic rings. The number of hydrogen-bond acceptors (Lipinski definition) is 6. The minimum atomic E-state index is -0.944. The summed E-state index contributed by atoms with van der Waals surface area (Å²) >= 11 is 3.51. The summed E-state index contributed by atoms with van der Waals surface area (Å²) < 4.78 is 0.769. The molecular formula is C18H19BrN4O4. The molecule has 3 aliphatic heterocycles. The average Bonchev–Trinajstić information content (AvgIpc) is 2.89. The molecule has 2 fully saturated rings. The van der Waals surface area contributed by atoms with Gasteiger partial charge in [0.2, 0.25) is 11.8 Å². The molecule has 2 N–H and O–H groups in total. The van der Waals surface area contributed by atoms with Gasteiger partial charge in [-0.3, -0.25) is 34.3 Å². The van der Waals surface area contributed by atoms with Crippen LogP contribution < -0.4 is 10.6 Å². The van der Waals surface area contributed by atoms with Crippen molar-refractivity contribution in [3.8, 4) is 0 Å². The van der Waals surface area contributed by atoms with Crippen LogP contribution >= 0.6 is 15.9 Å². The number of nitrogens with one attached hydrogen (secondary N) is 2. The van der Waals surface area contributed by atoms with Gasteiger partial charge >= 0.3 is 0 Å². The summed E-state index contributed by atoms with van der Waals surface area (Å²) in [5.41, 5.74) is 1.44. The molecule has 4 rings (SSSR count). The molecule has 2 saturated heterocycles. The number of fused-ring (bicyclic) bond motifs is 1. The molecule has 8 nitrogen and oxygen atoms in total. The number of carbonyl (C=O) groups excluding carboxylic acids is 4. The number of halogens is 1. The number of amides is 4. The fraction of sp³-hybridized carbons (Fsp3) is 0.444. The average molecular weight is 435 g/mol. The van der Waals surface area contributed by atoms with Crippen molar-refractivity contribution in [2.45, 2.75) is 25.4 Å². The van der Waals surface area contributed by atoms with Gasteiger partial charge in [-0.05, 0) is 24.1 Å². The first-order valence-electron chi connectivity index (χ1n) is 8.93. The minimum Gasteiger partial charge on any atom is -0.314 e. The Labute approximate surface area is 164 Å². The molecular weight excluding hydrogens is 416 g/mol. The maximum absolute atomic E-state index is 13.1. The number of rotatable bonds is 3. The van der Waals surface area contributed by atoms with E-state index in [1.807, 2.05) is 0 Å². The van der Waals surface area contributed by atoms with Crippen LogP contribution in [0.3, 0.4) is 0 Å². The summed E-state index contributed by atoms with van der Waals surface area (Å²) in [6.07, 6.45) is 0.269. The molecule has 1 atom stereocenters. The lowest BCUT2D eigenvalue weighted by atomic mass is 10.0. The number of nitrogens with zero attached hydrogens (tertiary/aromatic N) is 2. The smallest absolute Gasteiger partial charge is 0.262 e. The largest absolute Gasteiger partial charge is 0.314 e. The number of imide groups is 2. The number of benzene rings is 1. The summed E-state index contributed by atoms with van der Waals surface area (Å²) in [5.74, 6) is -1.91. The van der Waals surface area contributed by atoms with Crippen LogP contribution in [-0.2, 0) is 16.1 Å². The number of piperazine rings is 1. The van der Waals surface area contributed by atoms with Gasteiger partial charge in [0, 0.05) is 43.6 Å². The van der Waals surface area contributed by atoms with Gasteiger partial charge in [0.1, 0.15) is 6.04 Å². The molecule has 0 saturated carbocycles. The standard InChI is InChI=1S/C18H19BrN4O4/c19-12-2-1-10-15(11(12)9-22-7-5-20-6-8-22)18(27)23(17(10)26)13-3-4-14(24)21-16(13)25/h1-2,13,20H,3-9H2,(H,21,24,25). The Bertz CT molecular complexity index is 850. The van der Waals surface area contributed by atoms with E-state index in [0.717, 1.165) is 41.1 Å². The van der Waals surface area contributed by atoms with E-state index in [1.54, 1.807) is 12.1 Å². The molecule has 0 aliphatic carbocycles. The number of carbonyl (C=O) groups is 4. The normalized spacial score (nSPS) is 23.6. The topological polar surface area (TPSA) is 98.8 Å². The second-order valence-electron chi connectivity index (χ2n) is 6.92. The lowest BCUT2D eigenvalue weighted by molar-refractivity contribution is -0.136. The fourth-order valence-electron chi connectivity index (χ4n) is 3.85. The Balaban J connectivity index is 1.67. The van der Waals surface area contributed by atoms with Gasteiger partial charge in [0.15, 0.2) is 0 Å². The van der Waals surface area contributed by atoms with Crippen LogP contribution in [0.25, 0.3) is 0 Å². The van der Waals surface area contributed by atoms with E-state index in [2.05, 4.69) is 31.5 Å². The molecule has 1 unspecified atom stereocenters. The highest BCUT2D eigenvalue weighted by molar-refractivity contribution is 9.10. The van der Waals surface area contributed by atoms with Gasteiger partial charge in [-0.2, -0.15) is 0 Å². The lowest BCUT2D eigenvalue weighted by Gasteiger charge is -2.29. The van der Waals surface area contributed by atoms with E-state index in [0.29, 0.717) is 17.7 Å². The molecule has 3 heterocycles. The molecule has 0 aromatic heterocycles. The van der Waals surface area contributed by atoms with Crippen molar-refractivity contribution in [2.75, 3.05) is 26.2 Å². The van der Waals surface area contributed by atoms with Crippen LogP contribution in [0.1, 0.15) is 39.1 Å². The highest BCUT2D eigenvalue weighted by Crippen LogP contribution is 2.34. The van der Waals surface area contributed by atoms with Crippen molar-refractivity contribution in [3.05, 3.63) is 33.3 Å². The van der Waals surface area contributed by atoms with Crippen LogP contribution in [0.5, 0.6) is 0 Å². The van der Waals surface area contributed by atoms with E-state index >= 15 is 0 Å². The summed E-state index contributed by atoms with van der Waals surface area (Å²) in [6, 6.07) is 2.45. The van der Waals surface area contributed by atoms with Crippen molar-refractivity contribution in [3.63, 3.8) is 0 Å². The van der Waals surface area contributed by atoms with Crippen LogP contribution in [0.15, 0.2) is 16.6 Å². The zero-order valence-electron chi connectivity index (χ0n) is 14.6. The SMILES string of the molecule is O=C1CCC(N2C(=O)c3ccc(Br)c(CN4CCNCC4)c3C2=O)C(=O)N1. The summed E-state index contributed by atoms with van der Waals surface area (Å²) in [4.78, 5) is 52.9. The predicted octanol–water partition coefficient (Wildman–Crippen LogP) is 0.255. The molecule has 4 amide bonds. The van der Waals surface area contributed by atoms with Crippen LogP contribution in [0, 0.1) is 0 Å². The monoisotopic (exact) mass is 434 g/mol. The summed E-state index contributed by atoms with van der Waals surface area (Å²) in [6.45, 7) is 4.02. The first-order valence-corrected chi connectivity index (χ1v) is 9.72. The van der Waals surface area contributed by atoms with Gasteiger partial charge < -0.3 is 5.32 Å². The van der Waals surface area contributed by atoms with Crippen molar-refractivity contribution < 1.29 is 19.2 Å². The fourth-order valence-corrected chi connectivity index (χ4v) is 4.30. The van der Waals surface area contributed by atoms with Gasteiger partial charge in [0.05, 0.1) is 11.1 Å². The van der Waals surface area contributed by atoms with Crippen molar-refractivity contribution in [1.82, 2.24) is 20.4 Å². The minimum absolute atomic E-state index is 0.112. The maximum Gasteiger partial charge on any atom is 0.262 e. The van der Waals surface area contributed by atoms with Crippen LogP contribution in [0.2, 0.25) is 0 Å². The molecule has 142 valence electrons. The predicted molar refractivity (Wildman–Crippen MR) is 99.0 cm³/mol. The highest BCUT2D eigenvalue weighted by Gasteiger charge is 2.45. The molecule has 9 heteroatoms. The van der Waals surface area contributed by atoms with E-state index in [4.69, 9.17) is 0 Å². The van der Waals surface area contributed by atoms with Crippen molar-refractivity contribution >= 4 is 39.6 Å². The van der Waals surface area contributed by atoms with Crippen molar-refractivity contribution in [1.29, 1.82) is 0 Å². The highest BCUT2D eigenvalue weighted by atomic mass is 79.9. The Morgan fingerprint density at radius 2 is 1.81 bits per heavy atom. The first kappa shape index (κ1) is 18.3. The van der Waals surface area contributed by atoms with E-state index in [-0.39, 0.29) is 18.7 Å². The van der Waals surface area contributed by atoms with Crippen molar-refractivity contribution in [2.24, 2.45) is 0 Å². The van der Waals surface area contributed by atoms with E-state index in [9.17, 15) is 19.2 Å². The van der Waals surface area contributed by atoms with Gasteiger partial charge in [0.25, 0.3) is 11.8 Å². The molecule has 0 radical (unpaired) electrons. The quantitative estimate of drug-likeness (QED) is 0.661. The first-order chi connectivity index (χ1) is 13.0. The summed E-state index contributed by atoms with van der Waals surface area (Å²) in [7, 11) is 0. The zero-order valence-corrected chi connectivity index (χ0v) is 16.2. The third kappa shape index (κ3) is 3.19. The molecule has 0 spiro atoms. The lowest BCUT2D eigenvalue weighted by Crippen LogP contribution is -2.54. The second kappa shape index (κ2) is 7.14.